The van der Waals surface area contributed by atoms with Crippen molar-refractivity contribution < 1.29 is 4.79 Å². The van der Waals surface area contributed by atoms with E-state index in [9.17, 15) is 4.79 Å². The van der Waals surface area contributed by atoms with Gasteiger partial charge in [-0.2, -0.15) is 0 Å². The lowest BCUT2D eigenvalue weighted by Gasteiger charge is -2.24. The number of imidazole rings is 1. The first-order chi connectivity index (χ1) is 12.2. The second-order valence-corrected chi connectivity index (χ2v) is 7.39. The minimum atomic E-state index is -0.0515. The summed E-state index contributed by atoms with van der Waals surface area (Å²) in [5.74, 6) is 1.23. The number of benzene rings is 1. The van der Waals surface area contributed by atoms with Crippen LogP contribution in [0.15, 0.2) is 36.5 Å². The van der Waals surface area contributed by atoms with Gasteiger partial charge in [0.05, 0.1) is 17.9 Å². The van der Waals surface area contributed by atoms with Gasteiger partial charge in [0.2, 0.25) is 5.91 Å². The Balaban J connectivity index is 0.00000196. The molecule has 2 aliphatic rings. The van der Waals surface area contributed by atoms with Crippen molar-refractivity contribution in [2.75, 3.05) is 13.1 Å². The van der Waals surface area contributed by atoms with Crippen molar-refractivity contribution in [3.05, 3.63) is 42.4 Å². The summed E-state index contributed by atoms with van der Waals surface area (Å²) < 4.78 is 0. The first-order valence-electron chi connectivity index (χ1n) is 9.33. The number of hydrogen-bond acceptors (Lipinski definition) is 3. The quantitative estimate of drug-likeness (QED) is 0.750. The molecule has 0 radical (unpaired) electrons. The Morgan fingerprint density at radius 2 is 2.04 bits per heavy atom. The monoisotopic (exact) mass is 374 g/mol. The molecule has 1 aliphatic heterocycles. The predicted octanol–water partition coefficient (Wildman–Crippen LogP) is 3.46. The number of aromatic amines is 1. The molecule has 140 valence electrons. The maximum absolute atomic E-state index is 12.7. The summed E-state index contributed by atoms with van der Waals surface area (Å²) in [5, 5.41) is 6.62. The van der Waals surface area contributed by atoms with E-state index in [2.05, 4.69) is 39.7 Å². The van der Waals surface area contributed by atoms with E-state index in [1.807, 2.05) is 24.4 Å². The summed E-state index contributed by atoms with van der Waals surface area (Å²) in [6.07, 6.45) is 5.98. The van der Waals surface area contributed by atoms with Crippen LogP contribution >= 0.6 is 12.4 Å². The smallest absolute Gasteiger partial charge is 0.224 e. The zero-order valence-corrected chi connectivity index (χ0v) is 15.9. The Hall–Kier alpha value is -1.85. The van der Waals surface area contributed by atoms with Crippen molar-refractivity contribution in [2.24, 2.45) is 11.3 Å². The molecule has 1 spiro atoms. The van der Waals surface area contributed by atoms with Gasteiger partial charge in [0.15, 0.2) is 0 Å². The standard InChI is InChI=1S/C20H26N4O.ClH/c1-2-16(18-22-13-17(23-18)14-6-4-3-5-7-14)24-19(25)15-12-20(15)8-10-21-11-9-20;/h3-7,13,15-16,21H,2,8-12H2,1H3,(H,22,23)(H,24,25);1H. The molecule has 2 atom stereocenters. The van der Waals surface area contributed by atoms with Crippen LogP contribution in [-0.4, -0.2) is 29.0 Å². The van der Waals surface area contributed by atoms with Crippen molar-refractivity contribution in [1.29, 1.82) is 0 Å². The first kappa shape index (κ1) is 18.9. The topological polar surface area (TPSA) is 69.8 Å². The number of piperidine rings is 1. The molecule has 1 amide bonds. The van der Waals surface area contributed by atoms with Crippen LogP contribution < -0.4 is 10.6 Å². The number of nitrogens with one attached hydrogen (secondary N) is 3. The third-order valence-corrected chi connectivity index (χ3v) is 5.84. The molecule has 1 saturated carbocycles. The van der Waals surface area contributed by atoms with Gasteiger partial charge in [0, 0.05) is 5.92 Å². The fourth-order valence-electron chi connectivity index (χ4n) is 4.11. The fraction of sp³-hybridized carbons (Fsp3) is 0.500. The highest BCUT2D eigenvalue weighted by molar-refractivity contribution is 5.85. The lowest BCUT2D eigenvalue weighted by atomic mass is 9.91. The van der Waals surface area contributed by atoms with Crippen molar-refractivity contribution in [1.82, 2.24) is 20.6 Å². The summed E-state index contributed by atoms with van der Waals surface area (Å²) in [7, 11) is 0. The van der Waals surface area contributed by atoms with E-state index in [1.165, 1.54) is 0 Å². The number of carbonyl (C=O) groups is 1. The van der Waals surface area contributed by atoms with E-state index in [-0.39, 0.29) is 35.7 Å². The minimum absolute atomic E-state index is 0. The largest absolute Gasteiger partial charge is 0.346 e. The summed E-state index contributed by atoms with van der Waals surface area (Å²) >= 11 is 0. The van der Waals surface area contributed by atoms with E-state index in [4.69, 9.17) is 0 Å². The molecule has 0 bridgehead atoms. The second kappa shape index (κ2) is 7.80. The predicted molar refractivity (Wildman–Crippen MR) is 105 cm³/mol. The number of halogens is 1. The number of amides is 1. The van der Waals surface area contributed by atoms with Gasteiger partial charge in [0.25, 0.3) is 0 Å². The van der Waals surface area contributed by atoms with Gasteiger partial charge in [-0.1, -0.05) is 37.3 Å². The molecular weight excluding hydrogens is 348 g/mol. The average Bonchev–Trinajstić information content (AvgIpc) is 3.13. The molecule has 1 aromatic heterocycles. The van der Waals surface area contributed by atoms with Gasteiger partial charge in [-0.15, -0.1) is 12.4 Å². The van der Waals surface area contributed by atoms with Gasteiger partial charge in [0.1, 0.15) is 5.82 Å². The van der Waals surface area contributed by atoms with Crippen LogP contribution in [-0.2, 0) is 4.79 Å². The molecule has 6 heteroatoms. The van der Waals surface area contributed by atoms with Gasteiger partial charge in [-0.05, 0) is 49.8 Å². The molecular formula is C20H27ClN4O. The Morgan fingerprint density at radius 1 is 1.31 bits per heavy atom. The lowest BCUT2D eigenvalue weighted by molar-refractivity contribution is -0.124. The molecule has 1 aliphatic carbocycles. The van der Waals surface area contributed by atoms with Crippen molar-refractivity contribution in [3.8, 4) is 11.3 Å². The Kier molecular flexibility index (Phi) is 5.68. The third-order valence-electron chi connectivity index (χ3n) is 5.84. The van der Waals surface area contributed by atoms with Crippen molar-refractivity contribution in [3.63, 3.8) is 0 Å². The highest BCUT2D eigenvalue weighted by Crippen LogP contribution is 2.58. The molecule has 1 aromatic carbocycles. The van der Waals surface area contributed by atoms with Crippen molar-refractivity contribution in [2.45, 2.75) is 38.6 Å². The van der Waals surface area contributed by atoms with Crippen LogP contribution in [0.4, 0.5) is 0 Å². The molecule has 2 heterocycles. The molecule has 2 unspecified atom stereocenters. The number of hydrogen-bond donors (Lipinski definition) is 3. The molecule has 5 nitrogen and oxygen atoms in total. The van der Waals surface area contributed by atoms with Gasteiger partial charge >= 0.3 is 0 Å². The van der Waals surface area contributed by atoms with Crippen LogP contribution in [0.25, 0.3) is 11.3 Å². The highest BCUT2D eigenvalue weighted by atomic mass is 35.5. The number of nitrogens with zero attached hydrogens (tertiary/aromatic N) is 1. The number of carbonyl (C=O) groups excluding carboxylic acids is 1. The Labute approximate surface area is 160 Å². The molecule has 4 rings (SSSR count). The molecule has 2 fully saturated rings. The number of rotatable bonds is 5. The normalized spacial score (nSPS) is 21.7. The zero-order valence-electron chi connectivity index (χ0n) is 15.1. The maximum Gasteiger partial charge on any atom is 0.224 e. The molecule has 3 N–H and O–H groups in total. The Bertz CT molecular complexity index is 739. The van der Waals surface area contributed by atoms with Crippen LogP contribution in [0.1, 0.15) is 44.5 Å². The van der Waals surface area contributed by atoms with E-state index >= 15 is 0 Å². The van der Waals surface area contributed by atoms with E-state index in [0.717, 1.165) is 55.9 Å². The number of aromatic nitrogens is 2. The third kappa shape index (κ3) is 3.64. The number of H-pyrrole nitrogens is 1. The summed E-state index contributed by atoms with van der Waals surface area (Å²) in [5.41, 5.74) is 2.37. The van der Waals surface area contributed by atoms with Crippen LogP contribution in [0, 0.1) is 11.3 Å². The van der Waals surface area contributed by atoms with Crippen LogP contribution in [0.2, 0.25) is 0 Å². The second-order valence-electron chi connectivity index (χ2n) is 7.39. The maximum atomic E-state index is 12.7. The summed E-state index contributed by atoms with van der Waals surface area (Å²) in [6.45, 7) is 4.17. The van der Waals surface area contributed by atoms with Crippen LogP contribution in [0.5, 0.6) is 0 Å². The van der Waals surface area contributed by atoms with E-state index in [0.29, 0.717) is 0 Å². The molecule has 26 heavy (non-hydrogen) atoms. The molecule has 1 saturated heterocycles. The summed E-state index contributed by atoms with van der Waals surface area (Å²) in [6, 6.07) is 10.1. The van der Waals surface area contributed by atoms with Crippen molar-refractivity contribution >= 4 is 18.3 Å². The van der Waals surface area contributed by atoms with Gasteiger partial charge in [-0.25, -0.2) is 4.98 Å². The van der Waals surface area contributed by atoms with Gasteiger partial charge < -0.3 is 15.6 Å². The fourth-order valence-corrected chi connectivity index (χ4v) is 4.11. The van der Waals surface area contributed by atoms with E-state index < -0.39 is 0 Å². The highest BCUT2D eigenvalue weighted by Gasteiger charge is 2.57. The minimum Gasteiger partial charge on any atom is -0.346 e. The lowest BCUT2D eigenvalue weighted by Crippen LogP contribution is -2.35. The van der Waals surface area contributed by atoms with E-state index in [1.54, 1.807) is 0 Å². The first-order valence-corrected chi connectivity index (χ1v) is 9.33. The molecule has 2 aromatic rings. The Morgan fingerprint density at radius 3 is 2.73 bits per heavy atom. The SMILES string of the molecule is CCC(NC(=O)C1CC12CCNCC2)c1ncc(-c2ccccc2)[nH]1.Cl. The zero-order chi connectivity index (χ0) is 17.3. The van der Waals surface area contributed by atoms with Crippen LogP contribution in [0.3, 0.4) is 0 Å². The summed E-state index contributed by atoms with van der Waals surface area (Å²) in [4.78, 5) is 20.6. The van der Waals surface area contributed by atoms with Gasteiger partial charge in [-0.3, -0.25) is 4.79 Å². The average molecular weight is 375 g/mol.